The van der Waals surface area contributed by atoms with Gasteiger partial charge in [-0.3, -0.25) is 4.72 Å². The van der Waals surface area contributed by atoms with E-state index in [2.05, 4.69) is 10.8 Å². The van der Waals surface area contributed by atoms with Crippen LogP contribution in [0.3, 0.4) is 0 Å². The summed E-state index contributed by atoms with van der Waals surface area (Å²) in [5, 5.41) is 0. The largest absolute Gasteiger partial charge is 0.487 e. The number of rotatable bonds is 5. The van der Waals surface area contributed by atoms with Crippen molar-refractivity contribution in [2.24, 2.45) is 0 Å². The lowest BCUT2D eigenvalue weighted by molar-refractivity contribution is 0.308. The van der Waals surface area contributed by atoms with Gasteiger partial charge in [0, 0.05) is 0 Å². The molecule has 0 saturated heterocycles. The normalized spacial score (nSPS) is 11.0. The summed E-state index contributed by atoms with van der Waals surface area (Å²) in [6, 6.07) is 17.4. The van der Waals surface area contributed by atoms with E-state index < -0.39 is 10.0 Å². The van der Waals surface area contributed by atoms with Crippen molar-refractivity contribution in [3.63, 3.8) is 0 Å². The Kier molecular flexibility index (Phi) is 4.06. The Morgan fingerprint density at radius 1 is 1.21 bits per heavy atom. The lowest BCUT2D eigenvalue weighted by Crippen LogP contribution is -2.10. The molecule has 0 aromatic heterocycles. The van der Waals surface area contributed by atoms with Crippen LogP contribution < -0.4 is 9.46 Å². The van der Waals surface area contributed by atoms with Gasteiger partial charge < -0.3 is 4.74 Å². The Balaban J connectivity index is 2.12. The highest BCUT2D eigenvalue weighted by atomic mass is 32.2. The fourth-order valence-electron chi connectivity index (χ4n) is 1.56. The topological polar surface area (TPSA) is 55.4 Å². The van der Waals surface area contributed by atoms with Gasteiger partial charge in [0.1, 0.15) is 12.4 Å². The van der Waals surface area contributed by atoms with Gasteiger partial charge in [0.15, 0.2) is 0 Å². The van der Waals surface area contributed by atoms with Crippen molar-refractivity contribution < 1.29 is 13.2 Å². The fraction of sp³-hybridized carbons (Fsp3) is 0.143. The van der Waals surface area contributed by atoms with Gasteiger partial charge in [-0.25, -0.2) is 8.42 Å². The molecule has 0 heterocycles. The van der Waals surface area contributed by atoms with Crippen LogP contribution in [0.1, 0.15) is 5.56 Å². The van der Waals surface area contributed by atoms with Gasteiger partial charge in [-0.2, -0.15) is 0 Å². The molecule has 19 heavy (non-hydrogen) atoms. The second kappa shape index (κ2) is 5.75. The zero-order valence-electron chi connectivity index (χ0n) is 10.5. The Hall–Kier alpha value is -2.01. The number of nitrogens with one attached hydrogen (secondary N) is 1. The first-order valence-electron chi connectivity index (χ1n) is 5.69. The molecule has 2 aromatic carbocycles. The summed E-state index contributed by atoms with van der Waals surface area (Å²) in [7, 11) is -3.33. The first-order chi connectivity index (χ1) is 9.04. The monoisotopic (exact) mass is 276 g/mol. The summed E-state index contributed by atoms with van der Waals surface area (Å²) < 4.78 is 30.5. The minimum absolute atomic E-state index is 0.378. The second-order valence-corrected chi connectivity index (χ2v) is 5.82. The Morgan fingerprint density at radius 3 is 2.63 bits per heavy atom. The minimum atomic E-state index is -3.33. The fourth-order valence-corrected chi connectivity index (χ4v) is 2.12. The van der Waals surface area contributed by atoms with E-state index in [1.165, 1.54) is 0 Å². The van der Waals surface area contributed by atoms with Gasteiger partial charge in [-0.1, -0.05) is 36.4 Å². The molecular weight excluding hydrogens is 262 g/mol. The first-order valence-corrected chi connectivity index (χ1v) is 7.58. The van der Waals surface area contributed by atoms with Crippen molar-refractivity contribution in [1.29, 1.82) is 0 Å². The second-order valence-electron chi connectivity index (χ2n) is 4.07. The maximum Gasteiger partial charge on any atom is 0.229 e. The van der Waals surface area contributed by atoms with Gasteiger partial charge in [-0.15, -0.1) is 0 Å². The zero-order chi connectivity index (χ0) is 13.7. The predicted molar refractivity (Wildman–Crippen MR) is 74.5 cm³/mol. The lowest BCUT2D eigenvalue weighted by Gasteiger charge is -2.11. The van der Waals surface area contributed by atoms with Crippen LogP contribution in [0.4, 0.5) is 5.69 Å². The van der Waals surface area contributed by atoms with Crippen LogP contribution in [-0.2, 0) is 16.6 Å². The van der Waals surface area contributed by atoms with E-state index in [4.69, 9.17) is 4.74 Å². The number of ether oxygens (including phenoxy) is 1. The predicted octanol–water partition coefficient (Wildman–Crippen LogP) is 2.44. The summed E-state index contributed by atoms with van der Waals surface area (Å²) >= 11 is 0. The molecule has 0 aliphatic rings. The van der Waals surface area contributed by atoms with Gasteiger partial charge in [0.25, 0.3) is 0 Å². The third-order valence-electron chi connectivity index (χ3n) is 2.36. The molecule has 0 fully saturated rings. The molecule has 4 nitrogen and oxygen atoms in total. The van der Waals surface area contributed by atoms with Crippen molar-refractivity contribution >= 4 is 15.7 Å². The summed E-state index contributed by atoms with van der Waals surface area (Å²) in [6.45, 7) is 0.378. The Morgan fingerprint density at radius 2 is 1.95 bits per heavy atom. The maximum atomic E-state index is 11.2. The summed E-state index contributed by atoms with van der Waals surface area (Å²) in [4.78, 5) is 0. The molecule has 0 spiro atoms. The van der Waals surface area contributed by atoms with Crippen LogP contribution in [0.5, 0.6) is 5.75 Å². The molecule has 2 rings (SSSR count). The number of benzene rings is 2. The SMILES string of the molecule is CS(=O)(=O)Nc1c[c]ccc1OCc1ccccc1. The van der Waals surface area contributed by atoms with Gasteiger partial charge in [0.2, 0.25) is 10.0 Å². The van der Waals surface area contributed by atoms with Gasteiger partial charge in [0.05, 0.1) is 11.9 Å². The Labute approximate surface area is 113 Å². The van der Waals surface area contributed by atoms with Gasteiger partial charge in [-0.05, 0) is 23.8 Å². The Bertz CT molecular complexity index is 639. The highest BCUT2D eigenvalue weighted by Crippen LogP contribution is 2.25. The highest BCUT2D eigenvalue weighted by molar-refractivity contribution is 7.92. The summed E-state index contributed by atoms with van der Waals surface area (Å²) in [6.07, 6.45) is 1.10. The zero-order valence-corrected chi connectivity index (χ0v) is 11.3. The average molecular weight is 276 g/mol. The standard InChI is InChI=1S/C14H14NO3S/c1-19(16,17)15-13-9-5-6-10-14(13)18-11-12-7-3-2-4-8-12/h2-4,6-10,15H,11H2,1H3. The van der Waals surface area contributed by atoms with Crippen molar-refractivity contribution in [2.45, 2.75) is 6.61 Å². The molecule has 1 N–H and O–H groups in total. The molecule has 1 radical (unpaired) electrons. The van der Waals surface area contributed by atoms with Crippen molar-refractivity contribution in [3.05, 3.63) is 60.2 Å². The third kappa shape index (κ3) is 4.30. The average Bonchev–Trinajstić information content (AvgIpc) is 2.37. The van der Waals surface area contributed by atoms with E-state index in [0.29, 0.717) is 18.0 Å². The summed E-state index contributed by atoms with van der Waals surface area (Å²) in [5.41, 5.74) is 1.40. The number of sulfonamides is 1. The van der Waals surface area contributed by atoms with E-state index in [1.54, 1.807) is 18.2 Å². The molecule has 5 heteroatoms. The number of hydrogen-bond acceptors (Lipinski definition) is 3. The molecule has 0 atom stereocenters. The lowest BCUT2D eigenvalue weighted by atomic mass is 10.2. The first kappa shape index (κ1) is 13.4. The van der Waals surface area contributed by atoms with Crippen LogP contribution >= 0.6 is 0 Å². The molecule has 0 amide bonds. The van der Waals surface area contributed by atoms with Gasteiger partial charge >= 0.3 is 0 Å². The third-order valence-corrected chi connectivity index (χ3v) is 2.95. The summed E-state index contributed by atoms with van der Waals surface area (Å²) in [5.74, 6) is 0.480. The number of anilines is 1. The quantitative estimate of drug-likeness (QED) is 0.912. The molecule has 0 aliphatic heterocycles. The smallest absolute Gasteiger partial charge is 0.229 e. The van der Waals surface area contributed by atoms with Crippen molar-refractivity contribution in [2.75, 3.05) is 11.0 Å². The molecule has 99 valence electrons. The van der Waals surface area contributed by atoms with E-state index in [1.807, 2.05) is 30.3 Å². The molecule has 0 saturated carbocycles. The molecular formula is C14H14NO3S. The van der Waals surface area contributed by atoms with E-state index in [0.717, 1.165) is 11.8 Å². The van der Waals surface area contributed by atoms with Crippen LogP contribution in [0, 0.1) is 6.07 Å². The van der Waals surface area contributed by atoms with E-state index >= 15 is 0 Å². The highest BCUT2D eigenvalue weighted by Gasteiger charge is 2.08. The van der Waals surface area contributed by atoms with Crippen LogP contribution in [-0.4, -0.2) is 14.7 Å². The van der Waals surface area contributed by atoms with Crippen LogP contribution in [0.25, 0.3) is 0 Å². The van der Waals surface area contributed by atoms with Crippen LogP contribution in [0.15, 0.2) is 48.5 Å². The van der Waals surface area contributed by atoms with Crippen molar-refractivity contribution in [1.82, 2.24) is 0 Å². The molecule has 2 aromatic rings. The van der Waals surface area contributed by atoms with E-state index in [9.17, 15) is 8.42 Å². The van der Waals surface area contributed by atoms with E-state index in [-0.39, 0.29) is 0 Å². The van der Waals surface area contributed by atoms with Crippen molar-refractivity contribution in [3.8, 4) is 5.75 Å². The minimum Gasteiger partial charge on any atom is -0.487 e. The maximum absolute atomic E-state index is 11.2. The molecule has 0 aliphatic carbocycles. The van der Waals surface area contributed by atoms with Crippen LogP contribution in [0.2, 0.25) is 0 Å². The molecule has 0 bridgehead atoms. The molecule has 0 unspecified atom stereocenters. The number of hydrogen-bond donors (Lipinski definition) is 1.